The average Bonchev–Trinajstić information content (AvgIpc) is 3.42. The lowest BCUT2D eigenvalue weighted by Crippen LogP contribution is -2.25. The van der Waals surface area contributed by atoms with Gasteiger partial charge in [-0.05, 0) is 55.5 Å². The minimum absolute atomic E-state index is 0.0573. The number of carbonyl (C=O) groups excluding carboxylic acids is 2. The summed E-state index contributed by atoms with van der Waals surface area (Å²) in [6.45, 7) is 4.93. The van der Waals surface area contributed by atoms with Gasteiger partial charge in [-0.25, -0.2) is 0 Å². The molecule has 1 aromatic heterocycles. The van der Waals surface area contributed by atoms with Crippen LogP contribution in [-0.4, -0.2) is 28.1 Å². The minimum atomic E-state index is -0.235. The molecule has 1 fully saturated rings. The Morgan fingerprint density at radius 1 is 1.22 bits per heavy atom. The molecule has 1 saturated carbocycles. The van der Waals surface area contributed by atoms with Gasteiger partial charge < -0.3 is 10.6 Å². The highest BCUT2D eigenvalue weighted by molar-refractivity contribution is 5.98. The number of hydrogen-bond acceptors (Lipinski definition) is 3. The summed E-state index contributed by atoms with van der Waals surface area (Å²) in [6, 6.07) is 9.60. The van der Waals surface area contributed by atoms with Gasteiger partial charge in [-0.1, -0.05) is 18.7 Å². The minimum Gasteiger partial charge on any atom is -0.356 e. The Hall–Kier alpha value is -2.89. The molecule has 27 heavy (non-hydrogen) atoms. The highest BCUT2D eigenvalue weighted by atomic mass is 16.2. The van der Waals surface area contributed by atoms with Gasteiger partial charge in [0.2, 0.25) is 11.8 Å². The SMILES string of the molecule is C=CC(=O)Nc1ccc(CCC(=O)NCCCn2nccc2C2CC2)cc1. The second-order valence-electron chi connectivity index (χ2n) is 6.85. The van der Waals surface area contributed by atoms with Crippen LogP contribution >= 0.6 is 0 Å². The number of aromatic nitrogens is 2. The standard InChI is InChI=1S/C21H26N4O2/c1-2-20(26)24-18-9-4-16(5-10-18)6-11-21(27)22-13-3-15-25-19(12-14-23-25)17-7-8-17/h2,4-5,9-10,12,14,17H,1,3,6-8,11,13,15H2,(H,22,27)(H,24,26). The Balaban J connectivity index is 1.33. The molecule has 0 bridgehead atoms. The van der Waals surface area contributed by atoms with Crippen molar-refractivity contribution in [1.29, 1.82) is 0 Å². The first-order chi connectivity index (χ1) is 13.2. The highest BCUT2D eigenvalue weighted by Crippen LogP contribution is 2.39. The van der Waals surface area contributed by atoms with E-state index in [9.17, 15) is 9.59 Å². The average molecular weight is 366 g/mol. The second-order valence-corrected chi connectivity index (χ2v) is 6.85. The number of anilines is 1. The normalized spacial score (nSPS) is 13.2. The summed E-state index contributed by atoms with van der Waals surface area (Å²) in [5.41, 5.74) is 3.11. The third-order valence-electron chi connectivity index (χ3n) is 4.66. The van der Waals surface area contributed by atoms with Crippen LogP contribution in [0.3, 0.4) is 0 Å². The molecule has 0 saturated heterocycles. The maximum Gasteiger partial charge on any atom is 0.247 e. The monoisotopic (exact) mass is 366 g/mol. The Labute approximate surface area is 159 Å². The molecule has 3 rings (SSSR count). The molecular formula is C21H26N4O2. The molecule has 1 aliphatic rings. The first-order valence-electron chi connectivity index (χ1n) is 9.46. The van der Waals surface area contributed by atoms with Gasteiger partial charge in [-0.15, -0.1) is 0 Å². The lowest BCUT2D eigenvalue weighted by Gasteiger charge is -2.08. The van der Waals surface area contributed by atoms with Gasteiger partial charge in [-0.3, -0.25) is 14.3 Å². The fourth-order valence-electron chi connectivity index (χ4n) is 3.01. The van der Waals surface area contributed by atoms with Crippen LogP contribution in [0.5, 0.6) is 0 Å². The molecule has 0 atom stereocenters. The molecule has 1 aromatic carbocycles. The fraction of sp³-hybridized carbons (Fsp3) is 0.381. The topological polar surface area (TPSA) is 76.0 Å². The quantitative estimate of drug-likeness (QED) is 0.501. The van der Waals surface area contributed by atoms with Gasteiger partial charge in [0.05, 0.1) is 0 Å². The highest BCUT2D eigenvalue weighted by Gasteiger charge is 2.26. The van der Waals surface area contributed by atoms with E-state index in [1.54, 1.807) is 0 Å². The van der Waals surface area contributed by atoms with E-state index in [2.05, 4.69) is 33.1 Å². The molecule has 142 valence electrons. The van der Waals surface area contributed by atoms with Crippen molar-refractivity contribution in [3.63, 3.8) is 0 Å². The molecule has 0 spiro atoms. The molecule has 6 nitrogen and oxygen atoms in total. The van der Waals surface area contributed by atoms with E-state index in [4.69, 9.17) is 0 Å². The van der Waals surface area contributed by atoms with Gasteiger partial charge in [0.1, 0.15) is 0 Å². The predicted octanol–water partition coefficient (Wildman–Crippen LogP) is 3.02. The summed E-state index contributed by atoms with van der Waals surface area (Å²) in [5.74, 6) is 0.516. The van der Waals surface area contributed by atoms with E-state index >= 15 is 0 Å². The van der Waals surface area contributed by atoms with Crippen molar-refractivity contribution in [3.05, 3.63) is 60.4 Å². The van der Waals surface area contributed by atoms with Crippen molar-refractivity contribution < 1.29 is 9.59 Å². The van der Waals surface area contributed by atoms with Crippen molar-refractivity contribution in [3.8, 4) is 0 Å². The summed E-state index contributed by atoms with van der Waals surface area (Å²) in [5, 5.41) is 10.1. The number of carbonyl (C=O) groups is 2. The second kappa shape index (κ2) is 9.16. The smallest absolute Gasteiger partial charge is 0.247 e. The third-order valence-corrected chi connectivity index (χ3v) is 4.66. The van der Waals surface area contributed by atoms with Crippen molar-refractivity contribution in [2.75, 3.05) is 11.9 Å². The van der Waals surface area contributed by atoms with E-state index in [0.29, 0.717) is 25.3 Å². The maximum absolute atomic E-state index is 12.0. The van der Waals surface area contributed by atoms with Crippen LogP contribution < -0.4 is 10.6 Å². The number of nitrogens with one attached hydrogen (secondary N) is 2. The van der Waals surface area contributed by atoms with Crippen LogP contribution in [0.25, 0.3) is 0 Å². The molecule has 6 heteroatoms. The predicted molar refractivity (Wildman–Crippen MR) is 105 cm³/mol. The van der Waals surface area contributed by atoms with Crippen LogP contribution in [0.2, 0.25) is 0 Å². The molecule has 1 aliphatic carbocycles. The van der Waals surface area contributed by atoms with Gasteiger partial charge in [-0.2, -0.15) is 5.10 Å². The molecule has 0 aliphatic heterocycles. The largest absolute Gasteiger partial charge is 0.356 e. The molecule has 2 aromatic rings. The van der Waals surface area contributed by atoms with Gasteiger partial charge in [0.25, 0.3) is 0 Å². The third kappa shape index (κ3) is 5.81. The maximum atomic E-state index is 12.0. The lowest BCUT2D eigenvalue weighted by atomic mass is 10.1. The number of benzene rings is 1. The molecular weight excluding hydrogens is 340 g/mol. The van der Waals surface area contributed by atoms with Gasteiger partial charge in [0, 0.05) is 43.0 Å². The first kappa shape index (κ1) is 18.9. The zero-order valence-electron chi connectivity index (χ0n) is 15.5. The first-order valence-corrected chi connectivity index (χ1v) is 9.46. The molecule has 0 unspecified atom stereocenters. The summed E-state index contributed by atoms with van der Waals surface area (Å²) in [4.78, 5) is 23.3. The summed E-state index contributed by atoms with van der Waals surface area (Å²) >= 11 is 0. The number of aryl methyl sites for hydroxylation is 2. The summed E-state index contributed by atoms with van der Waals surface area (Å²) in [6.07, 6.45) is 7.64. The fourth-order valence-corrected chi connectivity index (χ4v) is 3.01. The zero-order valence-corrected chi connectivity index (χ0v) is 15.5. The van der Waals surface area contributed by atoms with Crippen LogP contribution in [-0.2, 0) is 22.6 Å². The van der Waals surface area contributed by atoms with E-state index in [1.807, 2.05) is 30.5 Å². The van der Waals surface area contributed by atoms with Crippen LogP contribution in [0.4, 0.5) is 5.69 Å². The molecule has 1 heterocycles. The molecule has 0 radical (unpaired) electrons. The van der Waals surface area contributed by atoms with E-state index in [1.165, 1.54) is 24.6 Å². The Morgan fingerprint density at radius 2 is 2.00 bits per heavy atom. The number of nitrogens with zero attached hydrogens (tertiary/aromatic N) is 2. The Kier molecular flexibility index (Phi) is 6.41. The van der Waals surface area contributed by atoms with Crippen LogP contribution in [0.15, 0.2) is 49.2 Å². The zero-order chi connectivity index (χ0) is 19.1. The van der Waals surface area contributed by atoms with E-state index in [-0.39, 0.29) is 11.8 Å². The van der Waals surface area contributed by atoms with Crippen LogP contribution in [0.1, 0.15) is 42.9 Å². The van der Waals surface area contributed by atoms with E-state index < -0.39 is 0 Å². The van der Waals surface area contributed by atoms with Crippen molar-refractivity contribution in [1.82, 2.24) is 15.1 Å². The van der Waals surface area contributed by atoms with Gasteiger partial charge in [0.15, 0.2) is 0 Å². The Morgan fingerprint density at radius 3 is 2.70 bits per heavy atom. The summed E-state index contributed by atoms with van der Waals surface area (Å²) < 4.78 is 2.07. The van der Waals surface area contributed by atoms with Crippen molar-refractivity contribution >= 4 is 17.5 Å². The van der Waals surface area contributed by atoms with Crippen LogP contribution in [0, 0.1) is 0 Å². The summed E-state index contributed by atoms with van der Waals surface area (Å²) in [7, 11) is 0. The van der Waals surface area contributed by atoms with Crippen molar-refractivity contribution in [2.45, 2.75) is 44.6 Å². The van der Waals surface area contributed by atoms with Gasteiger partial charge >= 0.3 is 0 Å². The molecule has 2 N–H and O–H groups in total. The lowest BCUT2D eigenvalue weighted by molar-refractivity contribution is -0.121. The number of hydrogen-bond donors (Lipinski definition) is 2. The molecule has 2 amide bonds. The number of rotatable bonds is 10. The van der Waals surface area contributed by atoms with E-state index in [0.717, 1.165) is 24.2 Å². The number of amides is 2. The van der Waals surface area contributed by atoms with Crippen molar-refractivity contribution in [2.24, 2.45) is 0 Å². The Bertz CT molecular complexity index is 791.